The summed E-state index contributed by atoms with van der Waals surface area (Å²) in [4.78, 5) is 2.27. The average molecular weight is 285 g/mol. The van der Waals surface area contributed by atoms with Crippen LogP contribution in [-0.4, -0.2) is 20.1 Å². The minimum absolute atomic E-state index is 0.545. The van der Waals surface area contributed by atoms with Crippen molar-refractivity contribution >= 4 is 21.6 Å². The van der Waals surface area contributed by atoms with Gasteiger partial charge in [-0.05, 0) is 36.6 Å². The van der Waals surface area contributed by atoms with Gasteiger partial charge in [-0.2, -0.15) is 0 Å². The summed E-state index contributed by atoms with van der Waals surface area (Å²) in [5.41, 5.74) is 7.02. The Morgan fingerprint density at radius 1 is 1.38 bits per heavy atom. The van der Waals surface area contributed by atoms with E-state index in [0.29, 0.717) is 11.8 Å². The van der Waals surface area contributed by atoms with Crippen LogP contribution in [0.25, 0.3) is 0 Å². The fourth-order valence-corrected chi connectivity index (χ4v) is 2.12. The van der Waals surface area contributed by atoms with Crippen LogP contribution in [0, 0.1) is 11.8 Å². The Morgan fingerprint density at radius 3 is 2.56 bits per heavy atom. The molecule has 0 heterocycles. The largest absolute Gasteiger partial charge is 0.374 e. The molecule has 0 saturated heterocycles. The van der Waals surface area contributed by atoms with Gasteiger partial charge < -0.3 is 10.6 Å². The molecule has 0 saturated carbocycles. The predicted molar refractivity (Wildman–Crippen MR) is 74.8 cm³/mol. The normalized spacial score (nSPS) is 12.9. The summed E-state index contributed by atoms with van der Waals surface area (Å²) in [5.74, 6) is 1.17. The second-order valence-electron chi connectivity index (χ2n) is 4.60. The number of hydrogen-bond donors (Lipinski definition) is 1. The van der Waals surface area contributed by atoms with Crippen LogP contribution in [0.5, 0.6) is 0 Å². The Hall–Kier alpha value is -0.540. The molecule has 2 N–H and O–H groups in total. The first-order valence-electron chi connectivity index (χ1n) is 5.71. The molecule has 1 rings (SSSR count). The van der Waals surface area contributed by atoms with Crippen molar-refractivity contribution < 1.29 is 0 Å². The van der Waals surface area contributed by atoms with Gasteiger partial charge in [0.2, 0.25) is 0 Å². The highest BCUT2D eigenvalue weighted by Gasteiger charge is 2.14. The zero-order valence-corrected chi connectivity index (χ0v) is 11.9. The van der Waals surface area contributed by atoms with E-state index >= 15 is 0 Å². The number of halogens is 1. The highest BCUT2D eigenvalue weighted by atomic mass is 79.9. The van der Waals surface area contributed by atoms with E-state index in [4.69, 9.17) is 5.73 Å². The molecular weight excluding hydrogens is 264 g/mol. The van der Waals surface area contributed by atoms with Crippen LogP contribution >= 0.6 is 15.9 Å². The molecule has 0 aliphatic heterocycles. The Morgan fingerprint density at radius 2 is 2.06 bits per heavy atom. The summed E-state index contributed by atoms with van der Waals surface area (Å²) < 4.78 is 1.12. The zero-order chi connectivity index (χ0) is 12.1. The third-order valence-electron chi connectivity index (χ3n) is 3.00. The minimum Gasteiger partial charge on any atom is -0.374 e. The van der Waals surface area contributed by atoms with Crippen LogP contribution in [0.3, 0.4) is 0 Å². The first kappa shape index (κ1) is 13.5. The van der Waals surface area contributed by atoms with Crippen molar-refractivity contribution in [3.8, 4) is 0 Å². The van der Waals surface area contributed by atoms with E-state index in [1.54, 1.807) is 0 Å². The summed E-state index contributed by atoms with van der Waals surface area (Å²) >= 11 is 3.49. The summed E-state index contributed by atoms with van der Waals surface area (Å²) in [6.45, 7) is 6.21. The smallest absolute Gasteiger partial charge is 0.0375 e. The van der Waals surface area contributed by atoms with E-state index < -0.39 is 0 Å². The fraction of sp³-hybridized carbons (Fsp3) is 0.538. The fourth-order valence-electron chi connectivity index (χ4n) is 1.73. The highest BCUT2D eigenvalue weighted by molar-refractivity contribution is 9.10. The second-order valence-corrected chi connectivity index (χ2v) is 5.52. The van der Waals surface area contributed by atoms with Crippen molar-refractivity contribution in [2.45, 2.75) is 13.8 Å². The van der Waals surface area contributed by atoms with Crippen LogP contribution in [0.1, 0.15) is 13.8 Å². The molecule has 0 aliphatic carbocycles. The van der Waals surface area contributed by atoms with Crippen molar-refractivity contribution in [1.29, 1.82) is 0 Å². The number of benzene rings is 1. The van der Waals surface area contributed by atoms with Crippen LogP contribution < -0.4 is 10.6 Å². The summed E-state index contributed by atoms with van der Waals surface area (Å²) in [7, 11) is 2.12. The molecule has 90 valence electrons. The number of hydrogen-bond acceptors (Lipinski definition) is 2. The van der Waals surface area contributed by atoms with Gasteiger partial charge in [-0.1, -0.05) is 35.8 Å². The van der Waals surface area contributed by atoms with Crippen LogP contribution in [0.2, 0.25) is 0 Å². The second kappa shape index (κ2) is 6.26. The van der Waals surface area contributed by atoms with Gasteiger partial charge in [-0.3, -0.25) is 0 Å². The first-order valence-corrected chi connectivity index (χ1v) is 6.50. The lowest BCUT2D eigenvalue weighted by Crippen LogP contribution is -2.33. The van der Waals surface area contributed by atoms with E-state index in [1.807, 2.05) is 6.07 Å². The third kappa shape index (κ3) is 3.80. The van der Waals surface area contributed by atoms with Gasteiger partial charge in [0, 0.05) is 23.8 Å². The van der Waals surface area contributed by atoms with Gasteiger partial charge in [0.15, 0.2) is 0 Å². The molecule has 1 unspecified atom stereocenters. The van der Waals surface area contributed by atoms with E-state index in [1.165, 1.54) is 5.69 Å². The maximum atomic E-state index is 5.79. The molecule has 0 spiro atoms. The minimum atomic E-state index is 0.545. The van der Waals surface area contributed by atoms with Gasteiger partial charge in [0.25, 0.3) is 0 Å². The molecule has 0 amide bonds. The van der Waals surface area contributed by atoms with Crippen molar-refractivity contribution in [1.82, 2.24) is 0 Å². The molecule has 3 heteroatoms. The SMILES string of the molecule is CC(C)C(CN)CN(C)c1cccc(Br)c1. The van der Waals surface area contributed by atoms with E-state index in [2.05, 4.69) is 59.9 Å². The number of nitrogens with two attached hydrogens (primary N) is 1. The van der Waals surface area contributed by atoms with Gasteiger partial charge in [0.05, 0.1) is 0 Å². The Kier molecular flexibility index (Phi) is 5.29. The standard InChI is InChI=1S/C13H21BrN2/c1-10(2)11(8-15)9-16(3)13-6-4-5-12(14)7-13/h4-7,10-11H,8-9,15H2,1-3H3. The lowest BCUT2D eigenvalue weighted by molar-refractivity contribution is 0.398. The van der Waals surface area contributed by atoms with Gasteiger partial charge in [-0.25, -0.2) is 0 Å². The molecule has 1 aromatic carbocycles. The van der Waals surface area contributed by atoms with Crippen LogP contribution in [-0.2, 0) is 0 Å². The molecule has 16 heavy (non-hydrogen) atoms. The van der Waals surface area contributed by atoms with Gasteiger partial charge >= 0.3 is 0 Å². The summed E-state index contributed by atoms with van der Waals surface area (Å²) in [6.07, 6.45) is 0. The maximum absolute atomic E-state index is 5.79. The van der Waals surface area contributed by atoms with E-state index in [-0.39, 0.29) is 0 Å². The highest BCUT2D eigenvalue weighted by Crippen LogP contribution is 2.21. The third-order valence-corrected chi connectivity index (χ3v) is 3.50. The molecule has 1 aromatic rings. The van der Waals surface area contributed by atoms with Gasteiger partial charge in [0.1, 0.15) is 0 Å². The maximum Gasteiger partial charge on any atom is 0.0375 e. The molecule has 0 aliphatic rings. The predicted octanol–water partition coefficient (Wildman–Crippen LogP) is 3.12. The Bertz CT molecular complexity index is 325. The van der Waals surface area contributed by atoms with E-state index in [0.717, 1.165) is 17.6 Å². The number of nitrogens with zero attached hydrogens (tertiary/aromatic N) is 1. The monoisotopic (exact) mass is 284 g/mol. The lowest BCUT2D eigenvalue weighted by atomic mass is 9.95. The van der Waals surface area contributed by atoms with Crippen LogP contribution in [0.15, 0.2) is 28.7 Å². The molecule has 0 radical (unpaired) electrons. The zero-order valence-electron chi connectivity index (χ0n) is 10.3. The number of anilines is 1. The topological polar surface area (TPSA) is 29.3 Å². The van der Waals surface area contributed by atoms with Crippen molar-refractivity contribution in [2.75, 3.05) is 25.0 Å². The lowest BCUT2D eigenvalue weighted by Gasteiger charge is -2.27. The van der Waals surface area contributed by atoms with Crippen molar-refractivity contribution in [3.05, 3.63) is 28.7 Å². The molecular formula is C13H21BrN2. The summed E-state index contributed by atoms with van der Waals surface area (Å²) in [5, 5.41) is 0. The Balaban J connectivity index is 2.67. The Labute approximate surface area is 107 Å². The molecule has 0 fully saturated rings. The quantitative estimate of drug-likeness (QED) is 0.900. The molecule has 0 bridgehead atoms. The average Bonchev–Trinajstić information content (AvgIpc) is 2.25. The van der Waals surface area contributed by atoms with Gasteiger partial charge in [-0.15, -0.1) is 0 Å². The first-order chi connectivity index (χ1) is 7.54. The number of rotatable bonds is 5. The summed E-state index contributed by atoms with van der Waals surface area (Å²) in [6, 6.07) is 8.36. The molecule has 0 aromatic heterocycles. The van der Waals surface area contributed by atoms with Crippen molar-refractivity contribution in [3.63, 3.8) is 0 Å². The molecule has 2 nitrogen and oxygen atoms in total. The molecule has 1 atom stereocenters. The van der Waals surface area contributed by atoms with Crippen molar-refractivity contribution in [2.24, 2.45) is 17.6 Å². The van der Waals surface area contributed by atoms with Crippen LogP contribution in [0.4, 0.5) is 5.69 Å². The van der Waals surface area contributed by atoms with E-state index in [9.17, 15) is 0 Å².